The maximum absolute atomic E-state index is 12.4. The van der Waals surface area contributed by atoms with Crippen LogP contribution in [0.4, 0.5) is 0 Å². The van der Waals surface area contributed by atoms with Crippen molar-refractivity contribution < 1.29 is 4.79 Å². The maximum Gasteiger partial charge on any atom is 0.226 e. The molecular formula is C15H28N2O. The SMILES string of the molecule is CCC1(C)CC1C(=O)N1CCC(CCNC)CC1. The van der Waals surface area contributed by atoms with Crippen LogP contribution in [0.1, 0.15) is 46.0 Å². The molecule has 2 fully saturated rings. The third-order valence-corrected chi connectivity index (χ3v) is 5.19. The molecule has 18 heavy (non-hydrogen) atoms. The fraction of sp³-hybridized carbons (Fsp3) is 0.933. The van der Waals surface area contributed by atoms with Gasteiger partial charge < -0.3 is 10.2 Å². The summed E-state index contributed by atoms with van der Waals surface area (Å²) in [4.78, 5) is 14.5. The molecule has 2 atom stereocenters. The molecule has 0 spiro atoms. The summed E-state index contributed by atoms with van der Waals surface area (Å²) in [5.41, 5.74) is 0.320. The van der Waals surface area contributed by atoms with Gasteiger partial charge in [0.15, 0.2) is 0 Å². The van der Waals surface area contributed by atoms with Gasteiger partial charge in [-0.25, -0.2) is 0 Å². The average molecular weight is 252 g/mol. The van der Waals surface area contributed by atoms with Crippen LogP contribution in [0.25, 0.3) is 0 Å². The normalized spacial score (nSPS) is 32.6. The Morgan fingerprint density at radius 2 is 2.06 bits per heavy atom. The summed E-state index contributed by atoms with van der Waals surface area (Å²) < 4.78 is 0. The number of hydrogen-bond donors (Lipinski definition) is 1. The molecule has 104 valence electrons. The van der Waals surface area contributed by atoms with Gasteiger partial charge in [-0.3, -0.25) is 4.79 Å². The zero-order chi connectivity index (χ0) is 13.2. The van der Waals surface area contributed by atoms with Crippen molar-refractivity contribution in [3.63, 3.8) is 0 Å². The van der Waals surface area contributed by atoms with Crippen molar-refractivity contribution >= 4 is 5.91 Å². The monoisotopic (exact) mass is 252 g/mol. The molecule has 1 aliphatic carbocycles. The molecule has 3 heteroatoms. The molecule has 1 N–H and O–H groups in total. The van der Waals surface area contributed by atoms with Crippen molar-refractivity contribution in [1.82, 2.24) is 10.2 Å². The summed E-state index contributed by atoms with van der Waals surface area (Å²) in [6.07, 6.45) is 5.91. The highest BCUT2D eigenvalue weighted by Crippen LogP contribution is 2.55. The first-order valence-corrected chi connectivity index (χ1v) is 7.54. The van der Waals surface area contributed by atoms with Gasteiger partial charge in [-0.1, -0.05) is 13.8 Å². The second-order valence-corrected chi connectivity index (χ2v) is 6.43. The molecule has 1 amide bonds. The number of piperidine rings is 1. The van der Waals surface area contributed by atoms with Crippen LogP contribution in [-0.4, -0.2) is 37.5 Å². The Bertz CT molecular complexity index is 297. The lowest BCUT2D eigenvalue weighted by atomic mass is 9.93. The standard InChI is InChI=1S/C15H28N2O/c1-4-15(2)11-13(15)14(18)17-9-6-12(7-10-17)5-8-16-3/h12-13,16H,4-11H2,1-3H3. The predicted molar refractivity (Wildman–Crippen MR) is 74.4 cm³/mol. The predicted octanol–water partition coefficient (Wildman–Crippen LogP) is 2.27. The minimum Gasteiger partial charge on any atom is -0.342 e. The van der Waals surface area contributed by atoms with Crippen LogP contribution in [0.3, 0.4) is 0 Å². The highest BCUT2D eigenvalue weighted by Gasteiger charge is 2.54. The molecule has 0 aromatic heterocycles. The van der Waals surface area contributed by atoms with E-state index in [-0.39, 0.29) is 0 Å². The second-order valence-electron chi connectivity index (χ2n) is 6.43. The van der Waals surface area contributed by atoms with Crippen molar-refractivity contribution in [3.05, 3.63) is 0 Å². The summed E-state index contributed by atoms with van der Waals surface area (Å²) in [6.45, 7) is 7.55. The zero-order valence-corrected chi connectivity index (χ0v) is 12.2. The van der Waals surface area contributed by atoms with Gasteiger partial charge in [-0.2, -0.15) is 0 Å². The zero-order valence-electron chi connectivity index (χ0n) is 12.2. The fourth-order valence-electron chi connectivity index (χ4n) is 3.19. The van der Waals surface area contributed by atoms with Crippen molar-refractivity contribution in [1.29, 1.82) is 0 Å². The van der Waals surface area contributed by atoms with Gasteiger partial charge in [0, 0.05) is 19.0 Å². The second kappa shape index (κ2) is 5.60. The summed E-state index contributed by atoms with van der Waals surface area (Å²) in [5, 5.41) is 3.22. The van der Waals surface area contributed by atoms with E-state index in [9.17, 15) is 4.79 Å². The van der Waals surface area contributed by atoms with E-state index in [1.165, 1.54) is 19.3 Å². The molecule has 1 aliphatic heterocycles. The third-order valence-electron chi connectivity index (χ3n) is 5.19. The summed E-state index contributed by atoms with van der Waals surface area (Å²) in [7, 11) is 2.01. The largest absolute Gasteiger partial charge is 0.342 e. The van der Waals surface area contributed by atoms with Crippen molar-refractivity contribution in [3.8, 4) is 0 Å². The molecule has 1 saturated heterocycles. The molecular weight excluding hydrogens is 224 g/mol. The highest BCUT2D eigenvalue weighted by atomic mass is 16.2. The van der Waals surface area contributed by atoms with Crippen LogP contribution in [0, 0.1) is 17.3 Å². The van der Waals surface area contributed by atoms with Crippen molar-refractivity contribution in [2.45, 2.75) is 46.0 Å². The van der Waals surface area contributed by atoms with E-state index < -0.39 is 0 Å². The Kier molecular flexibility index (Phi) is 4.31. The van der Waals surface area contributed by atoms with E-state index >= 15 is 0 Å². The van der Waals surface area contributed by atoms with Crippen LogP contribution in [0.15, 0.2) is 0 Å². The van der Waals surface area contributed by atoms with E-state index in [4.69, 9.17) is 0 Å². The van der Waals surface area contributed by atoms with Crippen LogP contribution >= 0.6 is 0 Å². The van der Waals surface area contributed by atoms with Crippen molar-refractivity contribution in [2.75, 3.05) is 26.7 Å². The Morgan fingerprint density at radius 1 is 1.39 bits per heavy atom. The van der Waals surface area contributed by atoms with Gasteiger partial charge in [-0.15, -0.1) is 0 Å². The lowest BCUT2D eigenvalue weighted by molar-refractivity contribution is -0.134. The van der Waals surface area contributed by atoms with Crippen molar-refractivity contribution in [2.24, 2.45) is 17.3 Å². The van der Waals surface area contributed by atoms with Gasteiger partial charge in [0.2, 0.25) is 5.91 Å². The van der Waals surface area contributed by atoms with Gasteiger partial charge in [0.25, 0.3) is 0 Å². The minimum absolute atomic E-state index is 0.320. The molecule has 2 aliphatic rings. The van der Waals surface area contributed by atoms with Gasteiger partial charge in [0.05, 0.1) is 0 Å². The molecule has 2 unspecified atom stereocenters. The number of nitrogens with zero attached hydrogens (tertiary/aromatic N) is 1. The number of likely N-dealkylation sites (tertiary alicyclic amines) is 1. The summed E-state index contributed by atoms with van der Waals surface area (Å²) >= 11 is 0. The van der Waals surface area contributed by atoms with Gasteiger partial charge in [-0.05, 0) is 57.0 Å². The van der Waals surface area contributed by atoms with Crippen LogP contribution < -0.4 is 5.32 Å². The molecule has 0 bridgehead atoms. The molecule has 1 saturated carbocycles. The maximum atomic E-state index is 12.4. The first-order chi connectivity index (χ1) is 8.60. The first-order valence-electron chi connectivity index (χ1n) is 7.54. The molecule has 3 nitrogen and oxygen atoms in total. The molecule has 0 radical (unpaired) electrons. The number of hydrogen-bond acceptors (Lipinski definition) is 2. The average Bonchev–Trinajstić information content (AvgIpc) is 3.09. The lowest BCUT2D eigenvalue weighted by Gasteiger charge is -2.32. The Labute approximate surface area is 111 Å². The first kappa shape index (κ1) is 13.9. The number of carbonyl (C=O) groups excluding carboxylic acids is 1. The molecule has 0 aromatic carbocycles. The summed E-state index contributed by atoms with van der Waals surface area (Å²) in [6, 6.07) is 0. The van der Waals surface area contributed by atoms with E-state index in [2.05, 4.69) is 24.1 Å². The highest BCUT2D eigenvalue weighted by molar-refractivity contribution is 5.82. The Morgan fingerprint density at radius 3 is 2.56 bits per heavy atom. The molecule has 0 aromatic rings. The Balaban J connectivity index is 1.75. The van der Waals surface area contributed by atoms with Crippen LogP contribution in [0.2, 0.25) is 0 Å². The quantitative estimate of drug-likeness (QED) is 0.814. The number of amides is 1. The van der Waals surface area contributed by atoms with E-state index in [1.807, 2.05) is 7.05 Å². The van der Waals surface area contributed by atoms with Gasteiger partial charge in [0.1, 0.15) is 0 Å². The topological polar surface area (TPSA) is 32.3 Å². The van der Waals surface area contributed by atoms with E-state index in [0.717, 1.165) is 38.4 Å². The van der Waals surface area contributed by atoms with Crippen LogP contribution in [-0.2, 0) is 4.79 Å². The lowest BCUT2D eigenvalue weighted by Crippen LogP contribution is -2.40. The molecule has 2 rings (SSSR count). The van der Waals surface area contributed by atoms with E-state index in [1.54, 1.807) is 0 Å². The number of carbonyl (C=O) groups is 1. The minimum atomic E-state index is 0.320. The number of nitrogens with one attached hydrogen (secondary N) is 1. The number of rotatable bonds is 5. The smallest absolute Gasteiger partial charge is 0.226 e. The molecule has 1 heterocycles. The summed E-state index contributed by atoms with van der Waals surface area (Å²) in [5.74, 6) is 1.58. The van der Waals surface area contributed by atoms with E-state index in [0.29, 0.717) is 17.2 Å². The van der Waals surface area contributed by atoms with Crippen LogP contribution in [0.5, 0.6) is 0 Å². The van der Waals surface area contributed by atoms with Gasteiger partial charge >= 0.3 is 0 Å². The fourth-order valence-corrected chi connectivity index (χ4v) is 3.19. The Hall–Kier alpha value is -0.570. The third kappa shape index (κ3) is 2.87.